The summed E-state index contributed by atoms with van der Waals surface area (Å²) in [5.74, 6) is 0.168. The molecule has 1 unspecified atom stereocenters. The molecular weight excluding hydrogens is 321 g/mol. The van der Waals surface area contributed by atoms with E-state index in [1.807, 2.05) is 4.90 Å². The van der Waals surface area contributed by atoms with Crippen molar-refractivity contribution in [3.63, 3.8) is 0 Å². The summed E-state index contributed by atoms with van der Waals surface area (Å²) in [4.78, 5) is 21.7. The molecule has 1 atom stereocenters. The number of nitrogens with zero attached hydrogens (tertiary/aromatic N) is 2. The van der Waals surface area contributed by atoms with Crippen molar-refractivity contribution in [1.29, 1.82) is 0 Å². The summed E-state index contributed by atoms with van der Waals surface area (Å²) in [5.41, 5.74) is 0.681. The summed E-state index contributed by atoms with van der Waals surface area (Å²) in [5, 5.41) is 10.1. The second kappa shape index (κ2) is 6.90. The highest BCUT2D eigenvalue weighted by Crippen LogP contribution is 2.18. The van der Waals surface area contributed by atoms with Crippen LogP contribution in [0.3, 0.4) is 0 Å². The Bertz CT molecular complexity index is 845. The molecule has 0 amide bonds. The van der Waals surface area contributed by atoms with Gasteiger partial charge in [0.15, 0.2) is 0 Å². The Hall–Kier alpha value is -2.31. The third-order valence-electron chi connectivity index (χ3n) is 4.50. The standard InChI is InChI=1S/C19H22FN3O2/c1-3-19(2,25)12-23-9-8-16-14(11-23)18(24)22-17(21-16)10-13-6-4-5-7-15(13)20/h3-7,25H,1,8-12H2,2H3,(H,21,22,24). The number of aromatic nitrogens is 2. The first-order valence-electron chi connectivity index (χ1n) is 8.30. The molecule has 2 heterocycles. The van der Waals surface area contributed by atoms with E-state index in [0.29, 0.717) is 43.0 Å². The lowest BCUT2D eigenvalue weighted by Crippen LogP contribution is -2.44. The number of halogens is 1. The van der Waals surface area contributed by atoms with Gasteiger partial charge in [0.05, 0.1) is 16.9 Å². The number of nitrogens with one attached hydrogen (secondary N) is 1. The average molecular weight is 343 g/mol. The van der Waals surface area contributed by atoms with Gasteiger partial charge in [-0.2, -0.15) is 0 Å². The molecule has 0 saturated carbocycles. The van der Waals surface area contributed by atoms with E-state index in [1.165, 1.54) is 12.1 Å². The number of rotatable bonds is 5. The minimum absolute atomic E-state index is 0.195. The van der Waals surface area contributed by atoms with E-state index in [1.54, 1.807) is 25.1 Å². The van der Waals surface area contributed by atoms with Crippen LogP contribution in [0.2, 0.25) is 0 Å². The number of β-amino-alcohol motifs (C(OH)–C–C–N with tert-alkyl or cyclic N) is 1. The number of fused-ring (bicyclic) bond motifs is 1. The van der Waals surface area contributed by atoms with Gasteiger partial charge in [-0.1, -0.05) is 24.3 Å². The van der Waals surface area contributed by atoms with Gasteiger partial charge in [-0.05, 0) is 18.6 Å². The fourth-order valence-corrected chi connectivity index (χ4v) is 3.09. The lowest BCUT2D eigenvalue weighted by molar-refractivity contribution is 0.0561. The van der Waals surface area contributed by atoms with Crippen LogP contribution in [0.15, 0.2) is 41.7 Å². The molecule has 2 aromatic rings. The first kappa shape index (κ1) is 17.5. The highest BCUT2D eigenvalue weighted by atomic mass is 19.1. The van der Waals surface area contributed by atoms with Gasteiger partial charge < -0.3 is 10.1 Å². The summed E-state index contributed by atoms with van der Waals surface area (Å²) < 4.78 is 13.8. The second-order valence-corrected chi connectivity index (χ2v) is 6.73. The molecule has 132 valence electrons. The van der Waals surface area contributed by atoms with Crippen molar-refractivity contribution in [1.82, 2.24) is 14.9 Å². The van der Waals surface area contributed by atoms with E-state index in [9.17, 15) is 14.3 Å². The zero-order valence-electron chi connectivity index (χ0n) is 14.3. The van der Waals surface area contributed by atoms with Crippen molar-refractivity contribution in [2.24, 2.45) is 0 Å². The van der Waals surface area contributed by atoms with Crippen molar-refractivity contribution >= 4 is 0 Å². The zero-order valence-corrected chi connectivity index (χ0v) is 14.3. The summed E-state index contributed by atoms with van der Waals surface area (Å²) in [6, 6.07) is 6.48. The molecule has 3 rings (SSSR count). The first-order chi connectivity index (χ1) is 11.9. The predicted molar refractivity (Wildman–Crippen MR) is 93.9 cm³/mol. The molecule has 25 heavy (non-hydrogen) atoms. The van der Waals surface area contributed by atoms with Gasteiger partial charge in [0.1, 0.15) is 11.6 Å². The summed E-state index contributed by atoms with van der Waals surface area (Å²) in [6.07, 6.45) is 2.38. The van der Waals surface area contributed by atoms with Crippen LogP contribution in [0.5, 0.6) is 0 Å². The molecule has 2 N–H and O–H groups in total. The van der Waals surface area contributed by atoms with Crippen LogP contribution in [0, 0.1) is 5.82 Å². The van der Waals surface area contributed by atoms with E-state index in [4.69, 9.17) is 0 Å². The summed E-state index contributed by atoms with van der Waals surface area (Å²) in [7, 11) is 0. The summed E-state index contributed by atoms with van der Waals surface area (Å²) in [6.45, 7) is 6.86. The van der Waals surface area contributed by atoms with Gasteiger partial charge >= 0.3 is 0 Å². The number of H-pyrrole nitrogens is 1. The van der Waals surface area contributed by atoms with Crippen LogP contribution in [0.25, 0.3) is 0 Å². The molecule has 6 heteroatoms. The Labute approximate surface area is 145 Å². The number of hydrogen-bond donors (Lipinski definition) is 2. The summed E-state index contributed by atoms with van der Waals surface area (Å²) >= 11 is 0. The van der Waals surface area contributed by atoms with E-state index < -0.39 is 5.60 Å². The molecule has 1 aromatic heterocycles. The molecular formula is C19H22FN3O2. The Morgan fingerprint density at radius 1 is 1.48 bits per heavy atom. The maximum atomic E-state index is 13.8. The third kappa shape index (κ3) is 4.03. The molecule has 0 bridgehead atoms. The quantitative estimate of drug-likeness (QED) is 0.812. The molecule has 1 aliphatic rings. The second-order valence-electron chi connectivity index (χ2n) is 6.73. The Morgan fingerprint density at radius 2 is 2.24 bits per heavy atom. The van der Waals surface area contributed by atoms with E-state index in [0.717, 1.165) is 5.69 Å². The average Bonchev–Trinajstić information content (AvgIpc) is 2.57. The van der Waals surface area contributed by atoms with Crippen LogP contribution in [0.4, 0.5) is 4.39 Å². The monoisotopic (exact) mass is 343 g/mol. The Kier molecular flexibility index (Phi) is 4.83. The number of benzene rings is 1. The molecule has 0 aliphatic carbocycles. The SMILES string of the molecule is C=CC(C)(O)CN1CCc2nc(Cc3ccccc3F)[nH]c(=O)c2C1. The number of aromatic amines is 1. The highest BCUT2D eigenvalue weighted by Gasteiger charge is 2.26. The van der Waals surface area contributed by atoms with Crippen LogP contribution < -0.4 is 5.56 Å². The van der Waals surface area contributed by atoms with Crippen molar-refractivity contribution in [3.05, 3.63) is 75.7 Å². The van der Waals surface area contributed by atoms with Crippen LogP contribution in [0.1, 0.15) is 29.6 Å². The maximum Gasteiger partial charge on any atom is 0.255 e. The fraction of sp³-hybridized carbons (Fsp3) is 0.368. The fourth-order valence-electron chi connectivity index (χ4n) is 3.09. The first-order valence-corrected chi connectivity index (χ1v) is 8.30. The normalized spacial score (nSPS) is 16.9. The Morgan fingerprint density at radius 3 is 2.96 bits per heavy atom. The zero-order chi connectivity index (χ0) is 18.0. The largest absolute Gasteiger partial charge is 0.385 e. The minimum Gasteiger partial charge on any atom is -0.385 e. The molecule has 0 fully saturated rings. The van der Waals surface area contributed by atoms with Crippen molar-refractivity contribution in [2.75, 3.05) is 13.1 Å². The maximum absolute atomic E-state index is 13.8. The van der Waals surface area contributed by atoms with Crippen LogP contribution >= 0.6 is 0 Å². The highest BCUT2D eigenvalue weighted by molar-refractivity contribution is 5.25. The predicted octanol–water partition coefficient (Wildman–Crippen LogP) is 1.79. The van der Waals surface area contributed by atoms with Crippen molar-refractivity contribution in [3.8, 4) is 0 Å². The number of aliphatic hydroxyl groups is 1. The molecule has 5 nitrogen and oxygen atoms in total. The van der Waals surface area contributed by atoms with Gasteiger partial charge in [0.2, 0.25) is 0 Å². The van der Waals surface area contributed by atoms with E-state index in [2.05, 4.69) is 16.5 Å². The van der Waals surface area contributed by atoms with Gasteiger partial charge in [-0.25, -0.2) is 9.37 Å². The minimum atomic E-state index is -0.998. The van der Waals surface area contributed by atoms with Crippen molar-refractivity contribution < 1.29 is 9.50 Å². The number of hydrogen-bond acceptors (Lipinski definition) is 4. The van der Waals surface area contributed by atoms with Gasteiger partial charge in [0, 0.05) is 32.5 Å². The van der Waals surface area contributed by atoms with Crippen LogP contribution in [-0.2, 0) is 19.4 Å². The molecule has 1 aliphatic heterocycles. The lowest BCUT2D eigenvalue weighted by atomic mass is 10.0. The van der Waals surface area contributed by atoms with Gasteiger partial charge in [0.25, 0.3) is 5.56 Å². The lowest BCUT2D eigenvalue weighted by Gasteiger charge is -2.32. The topological polar surface area (TPSA) is 69.2 Å². The molecule has 0 spiro atoms. The van der Waals surface area contributed by atoms with Gasteiger partial charge in [-0.15, -0.1) is 6.58 Å². The third-order valence-corrected chi connectivity index (χ3v) is 4.50. The van der Waals surface area contributed by atoms with Crippen molar-refractivity contribution in [2.45, 2.75) is 31.9 Å². The molecule has 0 saturated heterocycles. The molecule has 0 radical (unpaired) electrons. The smallest absolute Gasteiger partial charge is 0.255 e. The van der Waals surface area contributed by atoms with E-state index in [-0.39, 0.29) is 17.8 Å². The van der Waals surface area contributed by atoms with Gasteiger partial charge in [-0.3, -0.25) is 9.69 Å². The Balaban J connectivity index is 1.81. The van der Waals surface area contributed by atoms with Crippen LogP contribution in [-0.4, -0.2) is 38.7 Å². The molecule has 1 aromatic carbocycles. The van der Waals surface area contributed by atoms with E-state index >= 15 is 0 Å².